The van der Waals surface area contributed by atoms with Crippen molar-refractivity contribution in [1.29, 1.82) is 0 Å². The van der Waals surface area contributed by atoms with E-state index in [2.05, 4.69) is 21.1 Å². The van der Waals surface area contributed by atoms with Gasteiger partial charge in [-0.1, -0.05) is 54.6 Å². The molecule has 2 rings (SSSR count). The Morgan fingerprint density at radius 3 is 2.00 bits per heavy atom. The predicted molar refractivity (Wildman–Crippen MR) is 163 cm³/mol. The van der Waals surface area contributed by atoms with Crippen molar-refractivity contribution in [2.24, 2.45) is 22.2 Å². The fourth-order valence-electron chi connectivity index (χ4n) is 4.18. The molecular formula is C30H39N7O8. The molecule has 0 bridgehead atoms. The van der Waals surface area contributed by atoms with E-state index in [-0.39, 0.29) is 50.4 Å². The molecule has 0 saturated carbocycles. The first-order valence-corrected chi connectivity index (χ1v) is 14.2. The van der Waals surface area contributed by atoms with Gasteiger partial charge in [-0.2, -0.15) is 0 Å². The van der Waals surface area contributed by atoms with Crippen molar-refractivity contribution in [3.8, 4) is 0 Å². The lowest BCUT2D eigenvalue weighted by Gasteiger charge is -2.23. The number of benzene rings is 2. The summed E-state index contributed by atoms with van der Waals surface area (Å²) in [5.41, 5.74) is 19.8. The molecule has 0 heterocycles. The van der Waals surface area contributed by atoms with Gasteiger partial charge in [-0.05, 0) is 31.2 Å². The molecule has 0 radical (unpaired) electrons. The first kappa shape index (κ1) is 35.9. The number of amides is 4. The number of carboxylic acid groups (broad SMARTS) is 1. The summed E-state index contributed by atoms with van der Waals surface area (Å²) in [5, 5.41) is 14.0. The molecule has 0 aliphatic rings. The van der Waals surface area contributed by atoms with E-state index in [1.807, 2.05) is 0 Å². The van der Waals surface area contributed by atoms with Crippen molar-refractivity contribution in [3.05, 3.63) is 71.3 Å². The quantitative estimate of drug-likeness (QED) is 0.0351. The summed E-state index contributed by atoms with van der Waals surface area (Å²) in [7, 11) is 0. The Balaban J connectivity index is 2.08. The highest BCUT2D eigenvalue weighted by atomic mass is 16.7. The summed E-state index contributed by atoms with van der Waals surface area (Å²) in [6.45, 7) is 1.42. The van der Waals surface area contributed by atoms with Gasteiger partial charge in [-0.25, -0.2) is 5.48 Å². The van der Waals surface area contributed by atoms with Crippen molar-refractivity contribution in [2.45, 2.75) is 63.6 Å². The number of carboxylic acids is 1. The fourth-order valence-corrected chi connectivity index (χ4v) is 4.18. The normalized spacial score (nSPS) is 12.6. The number of nitrogens with one attached hydrogen (secondary N) is 3. The molecule has 10 N–H and O–H groups in total. The standard InChI is InChI=1S/C30H39N7O8/c1-18(38)35-22(10-6-16-34-30(32)33)28(43)36-23(9-5-11-25(39)40)29(44)37-45-24(27(31)42)17-19-12-14-21(15-13-19)26(41)20-7-3-2-4-8-20/h2-4,7-8,12-15,22-24H,5-6,9-11,16-17H2,1H3,(H2,31,42)(H,35,38)(H,36,43)(H,37,44)(H,39,40)(H4,32,33,34)/t22-,23-,24?/m0/s1. The lowest BCUT2D eigenvalue weighted by molar-refractivity contribution is -0.149. The maximum absolute atomic E-state index is 13.0. The van der Waals surface area contributed by atoms with Crippen LogP contribution in [0.3, 0.4) is 0 Å². The van der Waals surface area contributed by atoms with Gasteiger partial charge in [0.1, 0.15) is 12.1 Å². The van der Waals surface area contributed by atoms with Crippen LogP contribution in [0.15, 0.2) is 59.6 Å². The first-order valence-electron chi connectivity index (χ1n) is 14.2. The minimum Gasteiger partial charge on any atom is -0.481 e. The number of aliphatic imine (C=N–C) groups is 1. The molecule has 1 unspecified atom stereocenters. The Morgan fingerprint density at radius 1 is 0.822 bits per heavy atom. The van der Waals surface area contributed by atoms with Gasteiger partial charge in [0.25, 0.3) is 5.91 Å². The molecule has 2 aromatic carbocycles. The monoisotopic (exact) mass is 625 g/mol. The van der Waals surface area contributed by atoms with Crippen molar-refractivity contribution in [3.63, 3.8) is 0 Å². The molecule has 0 saturated heterocycles. The molecule has 0 fully saturated rings. The van der Waals surface area contributed by atoms with E-state index in [1.165, 1.54) is 6.92 Å². The molecule has 2 aromatic rings. The smallest absolute Gasteiger partial charge is 0.303 e. The number of guanidine groups is 1. The van der Waals surface area contributed by atoms with Crippen LogP contribution < -0.4 is 33.3 Å². The van der Waals surface area contributed by atoms with Crippen LogP contribution >= 0.6 is 0 Å². The zero-order valence-electron chi connectivity index (χ0n) is 24.9. The fraction of sp³-hybridized carbons (Fsp3) is 0.367. The molecule has 4 amide bonds. The van der Waals surface area contributed by atoms with Crippen molar-refractivity contribution in [1.82, 2.24) is 16.1 Å². The third-order valence-corrected chi connectivity index (χ3v) is 6.45. The maximum atomic E-state index is 13.0. The molecule has 0 aliphatic heterocycles. The van der Waals surface area contributed by atoms with E-state index in [4.69, 9.17) is 27.1 Å². The van der Waals surface area contributed by atoms with Crippen LogP contribution in [0, 0.1) is 0 Å². The highest BCUT2D eigenvalue weighted by molar-refractivity contribution is 6.08. The second kappa shape index (κ2) is 18.4. The van der Waals surface area contributed by atoms with Gasteiger partial charge in [0.15, 0.2) is 17.8 Å². The molecule has 45 heavy (non-hydrogen) atoms. The SMILES string of the molecule is CC(=O)N[C@@H](CCCN=C(N)N)C(=O)N[C@@H](CCCC(=O)O)C(=O)NOC(Cc1ccc(C(=O)c2ccccc2)cc1)C(N)=O. The average Bonchev–Trinajstić information content (AvgIpc) is 2.99. The summed E-state index contributed by atoms with van der Waals surface area (Å²) in [4.78, 5) is 82.7. The van der Waals surface area contributed by atoms with Gasteiger partial charge in [0.05, 0.1) is 0 Å². The number of aliphatic carboxylic acids is 1. The third kappa shape index (κ3) is 13.3. The lowest BCUT2D eigenvalue weighted by atomic mass is 10.00. The Labute approximate surface area is 259 Å². The molecule has 0 spiro atoms. The van der Waals surface area contributed by atoms with Crippen LogP contribution in [0.25, 0.3) is 0 Å². The van der Waals surface area contributed by atoms with Crippen LogP contribution in [-0.4, -0.2) is 71.2 Å². The number of carbonyl (C=O) groups excluding carboxylic acids is 5. The molecule has 3 atom stereocenters. The second-order valence-electron chi connectivity index (χ2n) is 10.1. The van der Waals surface area contributed by atoms with Crippen molar-refractivity contribution < 1.29 is 38.7 Å². The molecule has 0 aromatic heterocycles. The first-order chi connectivity index (χ1) is 21.4. The minimum absolute atomic E-state index is 0.0241. The van der Waals surface area contributed by atoms with Gasteiger partial charge < -0.3 is 32.9 Å². The Bertz CT molecular complexity index is 1360. The summed E-state index contributed by atoms with van der Waals surface area (Å²) in [5.74, 6) is -4.37. The van der Waals surface area contributed by atoms with E-state index in [0.717, 1.165) is 0 Å². The topological polar surface area (TPSA) is 258 Å². The van der Waals surface area contributed by atoms with Crippen LogP contribution in [0.5, 0.6) is 0 Å². The second-order valence-corrected chi connectivity index (χ2v) is 10.1. The van der Waals surface area contributed by atoms with Gasteiger partial charge in [-0.15, -0.1) is 0 Å². The van der Waals surface area contributed by atoms with Crippen LogP contribution in [-0.2, 0) is 35.2 Å². The zero-order chi connectivity index (χ0) is 33.4. The number of hydrogen-bond donors (Lipinski definition) is 7. The highest BCUT2D eigenvalue weighted by Gasteiger charge is 2.28. The van der Waals surface area contributed by atoms with E-state index in [9.17, 15) is 28.8 Å². The number of hydrogen-bond acceptors (Lipinski definition) is 8. The summed E-state index contributed by atoms with van der Waals surface area (Å²) in [6.07, 6.45) is -1.24. The third-order valence-electron chi connectivity index (χ3n) is 6.45. The minimum atomic E-state index is -1.32. The lowest BCUT2D eigenvalue weighted by Crippen LogP contribution is -2.54. The average molecular weight is 626 g/mol. The Kier molecular flexibility index (Phi) is 14.7. The van der Waals surface area contributed by atoms with E-state index >= 15 is 0 Å². The Hall–Kier alpha value is -5.31. The van der Waals surface area contributed by atoms with Crippen LogP contribution in [0.1, 0.15) is 60.5 Å². The largest absolute Gasteiger partial charge is 0.481 e. The van der Waals surface area contributed by atoms with Gasteiger partial charge >= 0.3 is 5.97 Å². The summed E-state index contributed by atoms with van der Waals surface area (Å²) >= 11 is 0. The summed E-state index contributed by atoms with van der Waals surface area (Å²) in [6, 6.07) is 12.8. The van der Waals surface area contributed by atoms with Gasteiger partial charge in [-0.3, -0.25) is 38.6 Å². The van der Waals surface area contributed by atoms with Crippen molar-refractivity contribution in [2.75, 3.05) is 6.54 Å². The number of primary amides is 1. The highest BCUT2D eigenvalue weighted by Crippen LogP contribution is 2.13. The van der Waals surface area contributed by atoms with E-state index in [1.54, 1.807) is 54.6 Å². The number of hydroxylamine groups is 1. The van der Waals surface area contributed by atoms with Crippen LogP contribution in [0.4, 0.5) is 0 Å². The molecule has 242 valence electrons. The van der Waals surface area contributed by atoms with E-state index in [0.29, 0.717) is 23.1 Å². The molecular weight excluding hydrogens is 586 g/mol. The number of nitrogens with zero attached hydrogens (tertiary/aromatic N) is 1. The molecule has 15 nitrogen and oxygen atoms in total. The summed E-state index contributed by atoms with van der Waals surface area (Å²) < 4.78 is 0. The number of ketones is 1. The van der Waals surface area contributed by atoms with Gasteiger partial charge in [0.2, 0.25) is 17.7 Å². The predicted octanol–water partition coefficient (Wildman–Crippen LogP) is -0.340. The van der Waals surface area contributed by atoms with Gasteiger partial charge in [0, 0.05) is 37.4 Å². The zero-order valence-corrected chi connectivity index (χ0v) is 24.9. The maximum Gasteiger partial charge on any atom is 0.303 e. The number of carbonyl (C=O) groups is 6. The van der Waals surface area contributed by atoms with Crippen LogP contribution in [0.2, 0.25) is 0 Å². The van der Waals surface area contributed by atoms with Crippen molar-refractivity contribution >= 4 is 41.3 Å². The molecule has 15 heteroatoms. The molecule has 0 aliphatic carbocycles. The number of rotatable bonds is 19. The van der Waals surface area contributed by atoms with E-state index < -0.39 is 47.8 Å². The number of nitrogens with two attached hydrogens (primary N) is 3. The Morgan fingerprint density at radius 2 is 1.42 bits per heavy atom.